The Morgan fingerprint density at radius 3 is 2.83 bits per heavy atom. The Morgan fingerprint density at radius 2 is 2.13 bits per heavy atom. The number of nitrogens with zero attached hydrogens (tertiary/aromatic N) is 2. The molecule has 1 aromatic heterocycles. The first kappa shape index (κ1) is 20.9. The van der Waals surface area contributed by atoms with Gasteiger partial charge in [-0.2, -0.15) is 0 Å². The first-order valence-electron chi connectivity index (χ1n) is 9.50. The summed E-state index contributed by atoms with van der Waals surface area (Å²) in [7, 11) is 1.60. The molecule has 3 rings (SSSR count). The fourth-order valence-corrected chi connectivity index (χ4v) is 3.22. The standard InChI is InChI=1S/C23H24N4O3/c1-4-7-18(24)19(5-2)26-22(28)20-8-6-9-21(25-20)27-13-12-15-14-16(30-3)10-11-17(15)23(27)29/h4-11,14H,1,12-13,24H2,2-3H3,(H,26,28)/b18-7+,19-5+. The number of nitrogens with two attached hydrogens (primary N) is 1. The van der Waals surface area contributed by atoms with Gasteiger partial charge < -0.3 is 15.8 Å². The minimum Gasteiger partial charge on any atom is -0.497 e. The Balaban J connectivity index is 1.83. The number of aromatic nitrogens is 1. The van der Waals surface area contributed by atoms with Crippen molar-refractivity contribution in [2.45, 2.75) is 13.3 Å². The van der Waals surface area contributed by atoms with Gasteiger partial charge in [0, 0.05) is 12.1 Å². The van der Waals surface area contributed by atoms with E-state index in [2.05, 4.69) is 16.9 Å². The van der Waals surface area contributed by atoms with Gasteiger partial charge in [-0.1, -0.05) is 24.8 Å². The van der Waals surface area contributed by atoms with Crippen LogP contribution < -0.4 is 20.7 Å². The molecule has 1 aromatic carbocycles. The van der Waals surface area contributed by atoms with Crippen LogP contribution in [0.25, 0.3) is 0 Å². The van der Waals surface area contributed by atoms with Gasteiger partial charge in [0.15, 0.2) is 0 Å². The summed E-state index contributed by atoms with van der Waals surface area (Å²) in [5.74, 6) is 0.568. The van der Waals surface area contributed by atoms with Crippen molar-refractivity contribution in [3.63, 3.8) is 0 Å². The van der Waals surface area contributed by atoms with Crippen molar-refractivity contribution in [3.8, 4) is 5.75 Å². The summed E-state index contributed by atoms with van der Waals surface area (Å²) in [6.07, 6.45) is 5.50. The molecule has 0 fully saturated rings. The lowest BCUT2D eigenvalue weighted by Crippen LogP contribution is -2.38. The summed E-state index contributed by atoms with van der Waals surface area (Å²) in [5.41, 5.74) is 8.50. The van der Waals surface area contributed by atoms with Crippen molar-refractivity contribution < 1.29 is 14.3 Å². The zero-order chi connectivity index (χ0) is 21.7. The number of fused-ring (bicyclic) bond motifs is 1. The first-order valence-corrected chi connectivity index (χ1v) is 9.50. The van der Waals surface area contributed by atoms with Crippen molar-refractivity contribution >= 4 is 17.6 Å². The predicted octanol–water partition coefficient (Wildman–Crippen LogP) is 2.96. The third kappa shape index (κ3) is 4.25. The summed E-state index contributed by atoms with van der Waals surface area (Å²) in [4.78, 5) is 31.6. The van der Waals surface area contributed by atoms with Crippen LogP contribution in [0.1, 0.15) is 33.3 Å². The van der Waals surface area contributed by atoms with Gasteiger partial charge in [-0.3, -0.25) is 14.5 Å². The molecule has 1 aliphatic rings. The minimum atomic E-state index is -0.417. The number of methoxy groups -OCH3 is 1. The number of anilines is 1. The van der Waals surface area contributed by atoms with Gasteiger partial charge in [0.25, 0.3) is 11.8 Å². The zero-order valence-electron chi connectivity index (χ0n) is 17.0. The van der Waals surface area contributed by atoms with Gasteiger partial charge in [-0.05, 0) is 55.3 Å². The average molecular weight is 404 g/mol. The topological polar surface area (TPSA) is 97.5 Å². The number of amides is 2. The summed E-state index contributed by atoms with van der Waals surface area (Å²) < 4.78 is 5.24. The number of allylic oxidation sites excluding steroid dienone is 3. The number of hydrogen-bond donors (Lipinski definition) is 2. The van der Waals surface area contributed by atoms with Crippen LogP contribution in [0.5, 0.6) is 5.75 Å². The predicted molar refractivity (Wildman–Crippen MR) is 116 cm³/mol. The summed E-state index contributed by atoms with van der Waals surface area (Å²) in [5, 5.41) is 2.74. The SMILES string of the molecule is C=C/C=C(N)\C(=C/C)NC(=O)c1cccc(N2CCc3cc(OC)ccc3C2=O)n1. The lowest BCUT2D eigenvalue weighted by molar-refractivity contribution is 0.0954. The third-order valence-corrected chi connectivity index (χ3v) is 4.78. The lowest BCUT2D eigenvalue weighted by Gasteiger charge is -2.28. The van der Waals surface area contributed by atoms with E-state index in [9.17, 15) is 9.59 Å². The minimum absolute atomic E-state index is 0.156. The second kappa shape index (κ2) is 9.09. The molecule has 2 aromatic rings. The highest BCUT2D eigenvalue weighted by molar-refractivity contribution is 6.08. The fourth-order valence-electron chi connectivity index (χ4n) is 3.22. The molecule has 3 N–H and O–H groups in total. The highest BCUT2D eigenvalue weighted by atomic mass is 16.5. The average Bonchev–Trinajstić information content (AvgIpc) is 2.77. The molecule has 0 saturated carbocycles. The number of benzene rings is 1. The van der Waals surface area contributed by atoms with Crippen molar-refractivity contribution in [2.75, 3.05) is 18.6 Å². The second-order valence-corrected chi connectivity index (χ2v) is 6.63. The quantitative estimate of drug-likeness (QED) is 0.722. The third-order valence-electron chi connectivity index (χ3n) is 4.78. The van der Waals surface area contributed by atoms with Crippen LogP contribution in [-0.2, 0) is 6.42 Å². The number of pyridine rings is 1. The van der Waals surface area contributed by atoms with Crippen molar-refractivity contribution in [3.05, 3.63) is 89.4 Å². The molecule has 154 valence electrons. The maximum Gasteiger partial charge on any atom is 0.274 e. The normalized spacial score (nSPS) is 14.2. The smallest absolute Gasteiger partial charge is 0.274 e. The fraction of sp³-hybridized carbons (Fsp3) is 0.174. The van der Waals surface area contributed by atoms with Crippen LogP contribution in [0.15, 0.2) is 72.6 Å². The molecule has 0 saturated heterocycles. The number of hydrogen-bond acceptors (Lipinski definition) is 5. The first-order chi connectivity index (χ1) is 14.5. The highest BCUT2D eigenvalue weighted by Crippen LogP contribution is 2.26. The van der Waals surface area contributed by atoms with E-state index in [4.69, 9.17) is 10.5 Å². The lowest BCUT2D eigenvalue weighted by atomic mass is 9.98. The molecule has 30 heavy (non-hydrogen) atoms. The molecule has 0 radical (unpaired) electrons. The molecule has 7 nitrogen and oxygen atoms in total. The Bertz CT molecular complexity index is 1060. The molecular weight excluding hydrogens is 380 g/mol. The van der Waals surface area contributed by atoms with Gasteiger partial charge in [0.1, 0.15) is 17.3 Å². The van der Waals surface area contributed by atoms with Gasteiger partial charge in [-0.15, -0.1) is 0 Å². The number of nitrogens with one attached hydrogen (secondary N) is 1. The van der Waals surface area contributed by atoms with E-state index in [0.717, 1.165) is 11.3 Å². The van der Waals surface area contributed by atoms with E-state index in [1.807, 2.05) is 6.07 Å². The Morgan fingerprint density at radius 1 is 1.33 bits per heavy atom. The number of carbonyl (C=O) groups excluding carboxylic acids is 2. The maximum absolute atomic E-state index is 13.0. The van der Waals surface area contributed by atoms with Crippen LogP contribution in [0.2, 0.25) is 0 Å². The Labute approximate surface area is 175 Å². The Hall–Kier alpha value is -3.87. The molecule has 0 spiro atoms. The van der Waals surface area contributed by atoms with Gasteiger partial charge in [0.2, 0.25) is 0 Å². The molecular formula is C23H24N4O3. The van der Waals surface area contributed by atoms with Crippen LogP contribution in [0.4, 0.5) is 5.82 Å². The van der Waals surface area contributed by atoms with E-state index in [1.54, 1.807) is 67.5 Å². The van der Waals surface area contributed by atoms with E-state index < -0.39 is 5.91 Å². The van der Waals surface area contributed by atoms with Crippen molar-refractivity contribution in [2.24, 2.45) is 5.73 Å². The van der Waals surface area contributed by atoms with Gasteiger partial charge >= 0.3 is 0 Å². The second-order valence-electron chi connectivity index (χ2n) is 6.63. The van der Waals surface area contributed by atoms with Crippen LogP contribution in [0, 0.1) is 0 Å². The van der Waals surface area contributed by atoms with E-state index in [0.29, 0.717) is 35.7 Å². The highest BCUT2D eigenvalue weighted by Gasteiger charge is 2.27. The molecule has 0 atom stereocenters. The summed E-state index contributed by atoms with van der Waals surface area (Å²) >= 11 is 0. The molecule has 2 heterocycles. The largest absolute Gasteiger partial charge is 0.497 e. The maximum atomic E-state index is 13.0. The number of carbonyl (C=O) groups is 2. The zero-order valence-corrected chi connectivity index (χ0v) is 17.0. The molecule has 0 aliphatic carbocycles. The summed E-state index contributed by atoms with van der Waals surface area (Å²) in [6, 6.07) is 10.4. The molecule has 0 unspecified atom stereocenters. The van der Waals surface area contributed by atoms with Crippen LogP contribution >= 0.6 is 0 Å². The Kier molecular flexibility index (Phi) is 6.32. The van der Waals surface area contributed by atoms with E-state index >= 15 is 0 Å². The van der Waals surface area contributed by atoms with E-state index in [1.165, 1.54) is 0 Å². The molecule has 2 amide bonds. The van der Waals surface area contributed by atoms with E-state index in [-0.39, 0.29) is 11.6 Å². The summed E-state index contributed by atoms with van der Waals surface area (Å²) in [6.45, 7) is 5.83. The van der Waals surface area contributed by atoms with Crippen LogP contribution in [-0.4, -0.2) is 30.5 Å². The molecule has 1 aliphatic heterocycles. The number of rotatable bonds is 6. The molecule has 7 heteroatoms. The van der Waals surface area contributed by atoms with Crippen molar-refractivity contribution in [1.29, 1.82) is 0 Å². The monoisotopic (exact) mass is 404 g/mol. The number of ether oxygens (including phenoxy) is 1. The van der Waals surface area contributed by atoms with Gasteiger partial charge in [0.05, 0.1) is 18.5 Å². The molecule has 0 bridgehead atoms. The van der Waals surface area contributed by atoms with Crippen LogP contribution in [0.3, 0.4) is 0 Å². The van der Waals surface area contributed by atoms with Crippen molar-refractivity contribution in [1.82, 2.24) is 10.3 Å². The van der Waals surface area contributed by atoms with Gasteiger partial charge in [-0.25, -0.2) is 4.98 Å².